The van der Waals surface area contributed by atoms with Crippen molar-refractivity contribution in [3.05, 3.63) is 40.6 Å². The highest BCUT2D eigenvalue weighted by atomic mass is 35.5. The van der Waals surface area contributed by atoms with Gasteiger partial charge in [0, 0.05) is 23.8 Å². The highest BCUT2D eigenvalue weighted by molar-refractivity contribution is 6.30. The van der Waals surface area contributed by atoms with Crippen LogP contribution in [-0.4, -0.2) is 25.2 Å². The van der Waals surface area contributed by atoms with Crippen molar-refractivity contribution in [1.82, 2.24) is 10.7 Å². The van der Waals surface area contributed by atoms with Crippen LogP contribution in [0, 0.1) is 5.92 Å². The predicted octanol–water partition coefficient (Wildman–Crippen LogP) is 1.52. The van der Waals surface area contributed by atoms with Crippen LogP contribution in [-0.2, 0) is 9.59 Å². The van der Waals surface area contributed by atoms with E-state index in [9.17, 15) is 9.59 Å². The summed E-state index contributed by atoms with van der Waals surface area (Å²) in [5, 5.41) is 3.74. The zero-order valence-electron chi connectivity index (χ0n) is 11.1. The Kier molecular flexibility index (Phi) is 4.76. The molecule has 1 aromatic rings. The van der Waals surface area contributed by atoms with Crippen molar-refractivity contribution < 1.29 is 9.59 Å². The summed E-state index contributed by atoms with van der Waals surface area (Å²) in [6.07, 6.45) is 0.384. The molecule has 1 saturated heterocycles. The van der Waals surface area contributed by atoms with Crippen molar-refractivity contribution in [2.45, 2.75) is 6.92 Å². The van der Waals surface area contributed by atoms with E-state index in [-0.39, 0.29) is 5.92 Å². The number of halogens is 1. The van der Waals surface area contributed by atoms with E-state index in [1.807, 2.05) is 19.1 Å². The van der Waals surface area contributed by atoms with E-state index in [0.717, 1.165) is 17.0 Å². The van der Waals surface area contributed by atoms with Crippen molar-refractivity contribution in [1.29, 1.82) is 0 Å². The molecule has 3 N–H and O–H groups in total. The van der Waals surface area contributed by atoms with Crippen LogP contribution in [0.25, 0.3) is 0 Å². The van der Waals surface area contributed by atoms with Gasteiger partial charge in [0.05, 0.1) is 11.6 Å². The van der Waals surface area contributed by atoms with Gasteiger partial charge in [0.15, 0.2) is 6.29 Å². The Labute approximate surface area is 122 Å². The van der Waals surface area contributed by atoms with Gasteiger partial charge in [0.1, 0.15) is 0 Å². The number of nitrogens with one attached hydrogen (secondary N) is 3. The molecule has 0 aliphatic carbocycles. The average Bonchev–Trinajstić information content (AvgIpc) is 2.93. The third-order valence-corrected chi connectivity index (χ3v) is 3.48. The largest absolute Gasteiger partial charge is 0.312 e. The second kappa shape index (κ2) is 6.54. The van der Waals surface area contributed by atoms with E-state index in [2.05, 4.69) is 16.2 Å². The van der Waals surface area contributed by atoms with Crippen LogP contribution in [0.1, 0.15) is 6.92 Å². The predicted molar refractivity (Wildman–Crippen MR) is 78.3 cm³/mol. The van der Waals surface area contributed by atoms with Gasteiger partial charge in [0.2, 0.25) is 5.78 Å². The number of carbonyl (C=O) groups is 2. The fourth-order valence-electron chi connectivity index (χ4n) is 2.16. The van der Waals surface area contributed by atoms with Crippen molar-refractivity contribution >= 4 is 29.4 Å². The third-order valence-electron chi connectivity index (χ3n) is 3.24. The number of aldehydes is 1. The molecule has 1 aliphatic heterocycles. The minimum Gasteiger partial charge on any atom is -0.312 e. The van der Waals surface area contributed by atoms with Gasteiger partial charge in [-0.05, 0) is 30.7 Å². The Morgan fingerprint density at radius 2 is 2.30 bits per heavy atom. The molecule has 0 radical (unpaired) electrons. The lowest BCUT2D eigenvalue weighted by molar-refractivity contribution is -0.131. The van der Waals surface area contributed by atoms with E-state index in [1.54, 1.807) is 12.1 Å². The number of benzene rings is 1. The standard InChI is InChI=1S/C14H16ClN3O2/c1-9(12-6-16-7-13(12)14(20)8-19)17-18-11-4-2-3-10(15)5-11/h2-5,8,13,16-18H,6-7H2,1H3. The highest BCUT2D eigenvalue weighted by Gasteiger charge is 2.28. The molecule has 1 fully saturated rings. The fourth-order valence-corrected chi connectivity index (χ4v) is 2.35. The Hall–Kier alpha value is -1.85. The molecule has 1 aliphatic rings. The number of carbonyl (C=O) groups excluding carboxylic acids is 2. The molecule has 0 bridgehead atoms. The molecule has 1 aromatic carbocycles. The minimum atomic E-state index is -0.395. The molecule has 20 heavy (non-hydrogen) atoms. The second-order valence-electron chi connectivity index (χ2n) is 4.61. The Bertz CT molecular complexity index is 557. The lowest BCUT2D eigenvalue weighted by Crippen LogP contribution is -2.25. The Morgan fingerprint density at radius 3 is 3.00 bits per heavy atom. The zero-order chi connectivity index (χ0) is 14.5. The molecule has 0 aromatic heterocycles. The number of rotatable bonds is 5. The van der Waals surface area contributed by atoms with Crippen LogP contribution in [0.4, 0.5) is 5.69 Å². The molecule has 6 heteroatoms. The molecule has 0 saturated carbocycles. The maximum Gasteiger partial charge on any atom is 0.203 e. The maximum absolute atomic E-state index is 11.5. The van der Waals surface area contributed by atoms with Gasteiger partial charge in [-0.1, -0.05) is 17.7 Å². The summed E-state index contributed by atoms with van der Waals surface area (Å²) in [5.74, 6) is -0.768. The summed E-state index contributed by atoms with van der Waals surface area (Å²) in [6, 6.07) is 7.29. The number of hydrogen-bond donors (Lipinski definition) is 3. The van der Waals surface area contributed by atoms with E-state index < -0.39 is 5.78 Å². The van der Waals surface area contributed by atoms with Crippen LogP contribution >= 0.6 is 11.6 Å². The number of hydrogen-bond acceptors (Lipinski definition) is 5. The molecular weight excluding hydrogens is 278 g/mol. The summed E-state index contributed by atoms with van der Waals surface area (Å²) in [7, 11) is 0. The Balaban J connectivity index is 2.06. The zero-order valence-corrected chi connectivity index (χ0v) is 11.8. The van der Waals surface area contributed by atoms with Crippen LogP contribution in [0.5, 0.6) is 0 Å². The second-order valence-corrected chi connectivity index (χ2v) is 5.05. The van der Waals surface area contributed by atoms with Gasteiger partial charge >= 0.3 is 0 Å². The highest BCUT2D eigenvalue weighted by Crippen LogP contribution is 2.19. The fraction of sp³-hybridized carbons (Fsp3) is 0.286. The van der Waals surface area contributed by atoms with Gasteiger partial charge in [-0.3, -0.25) is 9.59 Å². The third kappa shape index (κ3) is 3.37. The summed E-state index contributed by atoms with van der Waals surface area (Å²) in [4.78, 5) is 22.2. The normalized spacial score (nSPS) is 20.4. The number of ketones is 1. The lowest BCUT2D eigenvalue weighted by atomic mass is 9.97. The molecule has 1 unspecified atom stereocenters. The summed E-state index contributed by atoms with van der Waals surface area (Å²) >= 11 is 5.90. The first-order valence-electron chi connectivity index (χ1n) is 6.29. The SMILES string of the molecule is CC(NNc1cccc(Cl)c1)=C1CNCC1C(=O)C=O. The number of Topliss-reactive ketones (excluding diaryl/α,β-unsaturated/α-hetero) is 1. The first kappa shape index (κ1) is 14.6. The monoisotopic (exact) mass is 293 g/mol. The van der Waals surface area contributed by atoms with Crippen LogP contribution in [0.3, 0.4) is 0 Å². The van der Waals surface area contributed by atoms with Gasteiger partial charge in [-0.15, -0.1) is 0 Å². The van der Waals surface area contributed by atoms with E-state index >= 15 is 0 Å². The van der Waals surface area contributed by atoms with Crippen LogP contribution in [0.15, 0.2) is 35.5 Å². The lowest BCUT2D eigenvalue weighted by Gasteiger charge is -2.15. The molecule has 5 nitrogen and oxygen atoms in total. The van der Waals surface area contributed by atoms with Crippen molar-refractivity contribution in [3.8, 4) is 0 Å². The topological polar surface area (TPSA) is 70.2 Å². The van der Waals surface area contributed by atoms with Crippen molar-refractivity contribution in [3.63, 3.8) is 0 Å². The van der Waals surface area contributed by atoms with Crippen molar-refractivity contribution in [2.24, 2.45) is 5.92 Å². The smallest absolute Gasteiger partial charge is 0.203 e. The first-order chi connectivity index (χ1) is 9.61. The van der Waals surface area contributed by atoms with Crippen molar-refractivity contribution in [2.75, 3.05) is 18.5 Å². The molecule has 2 rings (SSSR count). The molecule has 1 heterocycles. The number of anilines is 1. The molecular formula is C14H16ClN3O2. The average molecular weight is 294 g/mol. The minimum absolute atomic E-state index is 0.374. The van der Waals surface area contributed by atoms with E-state index in [0.29, 0.717) is 24.4 Å². The Morgan fingerprint density at radius 1 is 1.50 bits per heavy atom. The summed E-state index contributed by atoms with van der Waals surface area (Å²) < 4.78 is 0. The van der Waals surface area contributed by atoms with E-state index in [1.165, 1.54) is 0 Å². The van der Waals surface area contributed by atoms with Crippen LogP contribution in [0.2, 0.25) is 5.02 Å². The molecule has 1 atom stereocenters. The molecule has 0 amide bonds. The van der Waals surface area contributed by atoms with Gasteiger partial charge < -0.3 is 16.2 Å². The first-order valence-corrected chi connectivity index (χ1v) is 6.66. The number of hydrazine groups is 1. The number of allylic oxidation sites excluding steroid dienone is 1. The molecule has 0 spiro atoms. The van der Waals surface area contributed by atoms with Gasteiger partial charge in [-0.25, -0.2) is 0 Å². The maximum atomic E-state index is 11.5. The van der Waals surface area contributed by atoms with Gasteiger partial charge in [0.25, 0.3) is 0 Å². The molecule has 106 valence electrons. The van der Waals surface area contributed by atoms with E-state index in [4.69, 9.17) is 11.6 Å². The quantitative estimate of drug-likeness (QED) is 0.436. The summed E-state index contributed by atoms with van der Waals surface area (Å²) in [6.45, 7) is 2.97. The van der Waals surface area contributed by atoms with Crippen LogP contribution < -0.4 is 16.2 Å². The summed E-state index contributed by atoms with van der Waals surface area (Å²) in [5.41, 5.74) is 8.61. The van der Waals surface area contributed by atoms with Gasteiger partial charge in [-0.2, -0.15) is 0 Å².